The Balaban J connectivity index is 2.13. The number of rotatable bonds is 5. The van der Waals surface area contributed by atoms with Crippen molar-refractivity contribution >= 4 is 21.7 Å². The first-order chi connectivity index (χ1) is 9.99. The van der Waals surface area contributed by atoms with Gasteiger partial charge in [-0.05, 0) is 48.7 Å². The highest BCUT2D eigenvalue weighted by molar-refractivity contribution is 9.10. The summed E-state index contributed by atoms with van der Waals surface area (Å²) in [5.74, 6) is 0.977. The molecule has 0 aliphatic heterocycles. The van der Waals surface area contributed by atoms with E-state index in [4.69, 9.17) is 4.74 Å². The SMILES string of the molecule is COc1ccc(Br)c(CC(=O)Cc2cc(C)ccc2C)c1. The molecule has 0 aromatic heterocycles. The zero-order valence-corrected chi connectivity index (χ0v) is 14.2. The van der Waals surface area contributed by atoms with Crippen molar-refractivity contribution in [3.8, 4) is 5.75 Å². The van der Waals surface area contributed by atoms with Crippen LogP contribution in [0.4, 0.5) is 0 Å². The van der Waals surface area contributed by atoms with Crippen LogP contribution in [0, 0.1) is 13.8 Å². The average molecular weight is 347 g/mol. The van der Waals surface area contributed by atoms with Crippen LogP contribution in [-0.4, -0.2) is 12.9 Å². The number of methoxy groups -OCH3 is 1. The van der Waals surface area contributed by atoms with Crippen LogP contribution in [0.2, 0.25) is 0 Å². The van der Waals surface area contributed by atoms with E-state index in [9.17, 15) is 4.79 Å². The maximum absolute atomic E-state index is 12.3. The molecule has 0 aliphatic rings. The average Bonchev–Trinajstić information content (AvgIpc) is 2.45. The minimum atomic E-state index is 0.206. The fourth-order valence-electron chi connectivity index (χ4n) is 2.29. The number of aryl methyl sites for hydroxylation is 2. The first-order valence-corrected chi connectivity index (χ1v) is 7.69. The molecular formula is C18H19BrO2. The summed E-state index contributed by atoms with van der Waals surface area (Å²) in [5.41, 5.74) is 4.42. The monoisotopic (exact) mass is 346 g/mol. The van der Waals surface area contributed by atoms with Crippen LogP contribution in [0.1, 0.15) is 22.3 Å². The molecule has 0 fully saturated rings. The Morgan fingerprint density at radius 2 is 1.76 bits per heavy atom. The number of Topliss-reactive ketones (excluding diaryl/α,β-unsaturated/α-hetero) is 1. The predicted octanol–water partition coefficient (Wildman–Crippen LogP) is 4.43. The number of hydrogen-bond donors (Lipinski definition) is 0. The molecule has 2 aromatic rings. The topological polar surface area (TPSA) is 26.3 Å². The summed E-state index contributed by atoms with van der Waals surface area (Å²) in [5, 5.41) is 0. The summed E-state index contributed by atoms with van der Waals surface area (Å²) in [6.45, 7) is 4.09. The van der Waals surface area contributed by atoms with E-state index in [-0.39, 0.29) is 5.78 Å². The number of hydrogen-bond acceptors (Lipinski definition) is 2. The highest BCUT2D eigenvalue weighted by Crippen LogP contribution is 2.23. The summed E-state index contributed by atoms with van der Waals surface area (Å²) in [4.78, 5) is 12.3. The minimum Gasteiger partial charge on any atom is -0.497 e. The number of halogens is 1. The summed E-state index contributed by atoms with van der Waals surface area (Å²) in [6.07, 6.45) is 0.877. The maximum atomic E-state index is 12.3. The first-order valence-electron chi connectivity index (χ1n) is 6.90. The van der Waals surface area contributed by atoms with Gasteiger partial charge in [-0.25, -0.2) is 0 Å². The van der Waals surface area contributed by atoms with Crippen molar-refractivity contribution in [1.82, 2.24) is 0 Å². The lowest BCUT2D eigenvalue weighted by atomic mass is 9.98. The van der Waals surface area contributed by atoms with Crippen LogP contribution in [-0.2, 0) is 17.6 Å². The standard InChI is InChI=1S/C18H19BrO2/c1-12-4-5-13(2)14(8-12)9-16(20)10-15-11-17(21-3)6-7-18(15)19/h4-8,11H,9-10H2,1-3H3. The van der Waals surface area contributed by atoms with Gasteiger partial charge in [-0.1, -0.05) is 39.7 Å². The van der Waals surface area contributed by atoms with Crippen LogP contribution < -0.4 is 4.74 Å². The number of ketones is 1. The number of carbonyl (C=O) groups is 1. The normalized spacial score (nSPS) is 10.5. The summed E-state index contributed by atoms with van der Waals surface area (Å²) in [6, 6.07) is 11.9. The van der Waals surface area contributed by atoms with Gasteiger partial charge in [0.2, 0.25) is 0 Å². The van der Waals surface area contributed by atoms with E-state index in [1.54, 1.807) is 7.11 Å². The van der Waals surface area contributed by atoms with E-state index in [2.05, 4.69) is 34.1 Å². The smallest absolute Gasteiger partial charge is 0.141 e. The lowest BCUT2D eigenvalue weighted by molar-refractivity contribution is -0.117. The maximum Gasteiger partial charge on any atom is 0.141 e. The van der Waals surface area contributed by atoms with Crippen molar-refractivity contribution < 1.29 is 9.53 Å². The second-order valence-electron chi connectivity index (χ2n) is 5.28. The van der Waals surface area contributed by atoms with E-state index in [0.717, 1.165) is 21.3 Å². The molecule has 2 rings (SSSR count). The van der Waals surface area contributed by atoms with Crippen LogP contribution in [0.5, 0.6) is 5.75 Å². The highest BCUT2D eigenvalue weighted by Gasteiger charge is 2.11. The van der Waals surface area contributed by atoms with Gasteiger partial charge in [-0.2, -0.15) is 0 Å². The Bertz CT molecular complexity index is 662. The van der Waals surface area contributed by atoms with Gasteiger partial charge < -0.3 is 4.74 Å². The number of ether oxygens (including phenoxy) is 1. The van der Waals surface area contributed by atoms with Gasteiger partial charge in [0, 0.05) is 17.3 Å². The molecule has 0 saturated heterocycles. The number of carbonyl (C=O) groups excluding carboxylic acids is 1. The van der Waals surface area contributed by atoms with E-state index >= 15 is 0 Å². The van der Waals surface area contributed by atoms with Crippen LogP contribution in [0.15, 0.2) is 40.9 Å². The molecule has 110 valence electrons. The molecule has 0 spiro atoms. The third-order valence-electron chi connectivity index (χ3n) is 3.53. The predicted molar refractivity (Wildman–Crippen MR) is 89.0 cm³/mol. The molecule has 0 N–H and O–H groups in total. The molecule has 0 radical (unpaired) electrons. The molecule has 0 heterocycles. The first kappa shape index (κ1) is 15.8. The van der Waals surface area contributed by atoms with Crippen LogP contribution >= 0.6 is 15.9 Å². The van der Waals surface area contributed by atoms with Crippen molar-refractivity contribution in [2.45, 2.75) is 26.7 Å². The molecule has 0 aliphatic carbocycles. The van der Waals surface area contributed by atoms with Crippen molar-refractivity contribution in [3.05, 3.63) is 63.1 Å². The largest absolute Gasteiger partial charge is 0.497 e. The Hall–Kier alpha value is -1.61. The van der Waals surface area contributed by atoms with Gasteiger partial charge in [0.1, 0.15) is 11.5 Å². The number of benzene rings is 2. The van der Waals surface area contributed by atoms with E-state index in [0.29, 0.717) is 12.8 Å². The Labute approximate surface area is 134 Å². The van der Waals surface area contributed by atoms with E-state index in [1.165, 1.54) is 11.1 Å². The van der Waals surface area contributed by atoms with Gasteiger partial charge in [0.05, 0.1) is 7.11 Å². The molecule has 0 unspecified atom stereocenters. The molecule has 2 aromatic carbocycles. The second-order valence-corrected chi connectivity index (χ2v) is 6.13. The van der Waals surface area contributed by atoms with Gasteiger partial charge in [-0.3, -0.25) is 4.79 Å². The lowest BCUT2D eigenvalue weighted by Crippen LogP contribution is -2.08. The van der Waals surface area contributed by atoms with Crippen molar-refractivity contribution in [2.24, 2.45) is 0 Å². The third-order valence-corrected chi connectivity index (χ3v) is 4.31. The second kappa shape index (κ2) is 6.90. The molecule has 0 amide bonds. The van der Waals surface area contributed by atoms with Gasteiger partial charge in [0.25, 0.3) is 0 Å². The van der Waals surface area contributed by atoms with Gasteiger partial charge in [0.15, 0.2) is 0 Å². The van der Waals surface area contributed by atoms with Crippen LogP contribution in [0.3, 0.4) is 0 Å². The lowest BCUT2D eigenvalue weighted by Gasteiger charge is -2.09. The minimum absolute atomic E-state index is 0.206. The van der Waals surface area contributed by atoms with Crippen molar-refractivity contribution in [2.75, 3.05) is 7.11 Å². The molecule has 2 nitrogen and oxygen atoms in total. The summed E-state index contributed by atoms with van der Waals surface area (Å²) < 4.78 is 6.15. The zero-order chi connectivity index (χ0) is 15.4. The molecule has 0 atom stereocenters. The summed E-state index contributed by atoms with van der Waals surface area (Å²) >= 11 is 3.49. The van der Waals surface area contributed by atoms with Gasteiger partial charge >= 0.3 is 0 Å². The molecular weight excluding hydrogens is 328 g/mol. The Morgan fingerprint density at radius 1 is 1.05 bits per heavy atom. The highest BCUT2D eigenvalue weighted by atomic mass is 79.9. The fraction of sp³-hybridized carbons (Fsp3) is 0.278. The van der Waals surface area contributed by atoms with Crippen molar-refractivity contribution in [3.63, 3.8) is 0 Å². The van der Waals surface area contributed by atoms with Gasteiger partial charge in [-0.15, -0.1) is 0 Å². The third kappa shape index (κ3) is 4.18. The zero-order valence-electron chi connectivity index (χ0n) is 12.6. The molecule has 3 heteroatoms. The summed E-state index contributed by atoms with van der Waals surface area (Å²) in [7, 11) is 1.63. The fourth-order valence-corrected chi connectivity index (χ4v) is 2.68. The van der Waals surface area contributed by atoms with E-state index < -0.39 is 0 Å². The molecule has 0 bridgehead atoms. The van der Waals surface area contributed by atoms with Crippen LogP contribution in [0.25, 0.3) is 0 Å². The van der Waals surface area contributed by atoms with Crippen molar-refractivity contribution in [1.29, 1.82) is 0 Å². The molecule has 0 saturated carbocycles. The Morgan fingerprint density at radius 3 is 2.48 bits per heavy atom. The van der Waals surface area contributed by atoms with E-state index in [1.807, 2.05) is 32.0 Å². The quantitative estimate of drug-likeness (QED) is 0.800. The molecule has 21 heavy (non-hydrogen) atoms. The Kier molecular flexibility index (Phi) is 5.18.